The summed E-state index contributed by atoms with van der Waals surface area (Å²) in [5, 5.41) is 18.0. The molecule has 0 aromatic heterocycles. The van der Waals surface area contributed by atoms with E-state index in [1.54, 1.807) is 0 Å². The SMILES string of the molecule is CC(O)CNS(=O)(=O)c1ccc(N)cc1C(=O)O. The summed E-state index contributed by atoms with van der Waals surface area (Å²) < 4.78 is 25.8. The van der Waals surface area contributed by atoms with E-state index < -0.39 is 27.7 Å². The molecule has 5 N–H and O–H groups in total. The van der Waals surface area contributed by atoms with Gasteiger partial charge in [0.25, 0.3) is 0 Å². The van der Waals surface area contributed by atoms with Crippen molar-refractivity contribution in [2.75, 3.05) is 12.3 Å². The second kappa shape index (κ2) is 5.34. The van der Waals surface area contributed by atoms with E-state index in [1.165, 1.54) is 13.0 Å². The topological polar surface area (TPSA) is 130 Å². The molecule has 1 rings (SSSR count). The van der Waals surface area contributed by atoms with Gasteiger partial charge >= 0.3 is 5.97 Å². The van der Waals surface area contributed by atoms with Crippen LogP contribution in [0.4, 0.5) is 5.69 Å². The van der Waals surface area contributed by atoms with Crippen molar-refractivity contribution in [3.8, 4) is 0 Å². The monoisotopic (exact) mass is 274 g/mol. The molecule has 0 heterocycles. The van der Waals surface area contributed by atoms with Crippen molar-refractivity contribution >= 4 is 21.7 Å². The van der Waals surface area contributed by atoms with Crippen molar-refractivity contribution < 1.29 is 23.4 Å². The van der Waals surface area contributed by atoms with E-state index in [1.807, 2.05) is 0 Å². The molecule has 1 atom stereocenters. The number of carboxylic acids is 1. The second-order valence-electron chi connectivity index (χ2n) is 3.76. The number of hydrogen-bond acceptors (Lipinski definition) is 5. The van der Waals surface area contributed by atoms with Crippen LogP contribution in [0.3, 0.4) is 0 Å². The van der Waals surface area contributed by atoms with Gasteiger partial charge in [-0.1, -0.05) is 0 Å². The molecule has 0 bridgehead atoms. The zero-order valence-electron chi connectivity index (χ0n) is 9.62. The Morgan fingerprint density at radius 1 is 1.50 bits per heavy atom. The highest BCUT2D eigenvalue weighted by molar-refractivity contribution is 7.89. The molecule has 0 saturated carbocycles. The largest absolute Gasteiger partial charge is 0.478 e. The smallest absolute Gasteiger partial charge is 0.337 e. The van der Waals surface area contributed by atoms with Crippen molar-refractivity contribution in [1.82, 2.24) is 4.72 Å². The fraction of sp³-hybridized carbons (Fsp3) is 0.300. The van der Waals surface area contributed by atoms with Gasteiger partial charge in [-0.3, -0.25) is 0 Å². The lowest BCUT2D eigenvalue weighted by atomic mass is 10.2. The van der Waals surface area contributed by atoms with Gasteiger partial charge in [0.1, 0.15) is 0 Å². The van der Waals surface area contributed by atoms with Crippen molar-refractivity contribution in [3.63, 3.8) is 0 Å². The third-order valence-corrected chi connectivity index (χ3v) is 3.57. The van der Waals surface area contributed by atoms with E-state index >= 15 is 0 Å². The summed E-state index contributed by atoms with van der Waals surface area (Å²) in [4.78, 5) is 10.6. The van der Waals surface area contributed by atoms with Crippen LogP contribution in [0.1, 0.15) is 17.3 Å². The molecular formula is C10H14N2O5S. The Bertz CT molecular complexity index is 553. The van der Waals surface area contributed by atoms with Crippen LogP contribution in [0.5, 0.6) is 0 Å². The maximum Gasteiger partial charge on any atom is 0.337 e. The zero-order chi connectivity index (χ0) is 13.9. The fourth-order valence-electron chi connectivity index (χ4n) is 1.26. The molecule has 100 valence electrons. The average Bonchev–Trinajstić information content (AvgIpc) is 2.26. The van der Waals surface area contributed by atoms with Crippen LogP contribution in [0.2, 0.25) is 0 Å². The number of carbonyl (C=O) groups is 1. The Labute approximate surface area is 104 Å². The zero-order valence-corrected chi connectivity index (χ0v) is 10.4. The van der Waals surface area contributed by atoms with E-state index in [9.17, 15) is 13.2 Å². The molecule has 0 amide bonds. The van der Waals surface area contributed by atoms with Gasteiger partial charge in [0.05, 0.1) is 16.6 Å². The first-order chi connectivity index (χ1) is 8.24. The van der Waals surface area contributed by atoms with Gasteiger partial charge in [-0.2, -0.15) is 0 Å². The van der Waals surface area contributed by atoms with Gasteiger partial charge in [-0.25, -0.2) is 17.9 Å². The van der Waals surface area contributed by atoms with Gasteiger partial charge in [0.15, 0.2) is 0 Å². The average molecular weight is 274 g/mol. The van der Waals surface area contributed by atoms with Crippen LogP contribution < -0.4 is 10.5 Å². The number of anilines is 1. The Hall–Kier alpha value is -1.64. The predicted octanol–water partition coefficient (Wildman–Crippen LogP) is -0.374. The van der Waals surface area contributed by atoms with Crippen LogP contribution in [0, 0.1) is 0 Å². The second-order valence-corrected chi connectivity index (χ2v) is 5.50. The minimum absolute atomic E-state index is 0.155. The van der Waals surface area contributed by atoms with Crippen LogP contribution in [0.15, 0.2) is 23.1 Å². The molecule has 1 aromatic carbocycles. The van der Waals surface area contributed by atoms with E-state index in [-0.39, 0.29) is 17.1 Å². The lowest BCUT2D eigenvalue weighted by Crippen LogP contribution is -2.31. The minimum Gasteiger partial charge on any atom is -0.478 e. The molecule has 0 aliphatic heterocycles. The van der Waals surface area contributed by atoms with Crippen molar-refractivity contribution in [2.45, 2.75) is 17.9 Å². The standard InChI is InChI=1S/C10H14N2O5S/c1-6(13)5-12-18(16,17)9-3-2-7(11)4-8(9)10(14)15/h2-4,6,12-13H,5,11H2,1H3,(H,14,15). The highest BCUT2D eigenvalue weighted by atomic mass is 32.2. The van der Waals surface area contributed by atoms with E-state index in [0.29, 0.717) is 0 Å². The number of aromatic carboxylic acids is 1. The van der Waals surface area contributed by atoms with Crippen LogP contribution >= 0.6 is 0 Å². The first kappa shape index (κ1) is 14.4. The summed E-state index contributed by atoms with van der Waals surface area (Å²) in [7, 11) is -3.99. The number of benzene rings is 1. The summed E-state index contributed by atoms with van der Waals surface area (Å²) in [5.74, 6) is -1.39. The number of aliphatic hydroxyl groups is 1. The summed E-state index contributed by atoms with van der Waals surface area (Å²) in [6.45, 7) is 1.20. The fourth-order valence-corrected chi connectivity index (χ4v) is 2.56. The molecule has 7 nitrogen and oxygen atoms in total. The van der Waals surface area contributed by atoms with Crippen molar-refractivity contribution in [1.29, 1.82) is 0 Å². The number of sulfonamides is 1. The molecule has 0 aliphatic rings. The summed E-state index contributed by atoms with van der Waals surface area (Å²) in [6.07, 6.45) is -0.873. The van der Waals surface area contributed by atoms with Crippen LogP contribution in [-0.2, 0) is 10.0 Å². The Morgan fingerprint density at radius 3 is 2.61 bits per heavy atom. The number of nitrogens with two attached hydrogens (primary N) is 1. The van der Waals surface area contributed by atoms with E-state index in [4.69, 9.17) is 15.9 Å². The Kier molecular flexibility index (Phi) is 4.28. The minimum atomic E-state index is -3.99. The van der Waals surface area contributed by atoms with E-state index in [0.717, 1.165) is 12.1 Å². The molecule has 1 aromatic rings. The molecular weight excluding hydrogens is 260 g/mol. The van der Waals surface area contributed by atoms with Gasteiger partial charge in [-0.05, 0) is 25.1 Å². The molecule has 0 fully saturated rings. The number of nitrogen functional groups attached to an aromatic ring is 1. The molecule has 0 spiro atoms. The lowest BCUT2D eigenvalue weighted by molar-refractivity contribution is 0.0692. The first-order valence-corrected chi connectivity index (χ1v) is 6.53. The third-order valence-electron chi connectivity index (χ3n) is 2.09. The van der Waals surface area contributed by atoms with Crippen molar-refractivity contribution in [3.05, 3.63) is 23.8 Å². The maximum atomic E-state index is 11.8. The Morgan fingerprint density at radius 2 is 2.11 bits per heavy atom. The van der Waals surface area contributed by atoms with Crippen molar-refractivity contribution in [2.24, 2.45) is 0 Å². The van der Waals surface area contributed by atoms with Gasteiger partial charge in [0.2, 0.25) is 10.0 Å². The predicted molar refractivity (Wildman–Crippen MR) is 64.7 cm³/mol. The highest BCUT2D eigenvalue weighted by Gasteiger charge is 2.22. The number of nitrogens with one attached hydrogen (secondary N) is 1. The maximum absolute atomic E-state index is 11.8. The Balaban J connectivity index is 3.20. The first-order valence-electron chi connectivity index (χ1n) is 5.04. The van der Waals surface area contributed by atoms with Crippen LogP contribution in [-0.4, -0.2) is 37.2 Å². The molecule has 0 radical (unpaired) electrons. The number of rotatable bonds is 5. The summed E-state index contributed by atoms with van der Waals surface area (Å²) >= 11 is 0. The molecule has 0 saturated heterocycles. The molecule has 1 unspecified atom stereocenters. The normalized spacial score (nSPS) is 13.2. The molecule has 8 heteroatoms. The summed E-state index contributed by atoms with van der Waals surface area (Å²) in [5.41, 5.74) is 5.16. The van der Waals surface area contributed by atoms with Gasteiger partial charge in [0, 0.05) is 12.2 Å². The van der Waals surface area contributed by atoms with E-state index in [2.05, 4.69) is 4.72 Å². The lowest BCUT2D eigenvalue weighted by Gasteiger charge is -2.11. The summed E-state index contributed by atoms with van der Waals surface area (Å²) in [6, 6.07) is 3.48. The van der Waals surface area contributed by atoms with Gasteiger partial charge < -0.3 is 15.9 Å². The number of aliphatic hydroxyl groups excluding tert-OH is 1. The highest BCUT2D eigenvalue weighted by Crippen LogP contribution is 2.18. The third kappa shape index (κ3) is 3.42. The quantitative estimate of drug-likeness (QED) is 0.542. The molecule has 18 heavy (non-hydrogen) atoms. The molecule has 0 aliphatic carbocycles. The number of carboxylic acid groups (broad SMARTS) is 1. The number of hydrogen-bond donors (Lipinski definition) is 4. The van der Waals surface area contributed by atoms with Gasteiger partial charge in [-0.15, -0.1) is 0 Å². The van der Waals surface area contributed by atoms with Crippen LogP contribution in [0.25, 0.3) is 0 Å².